The quantitative estimate of drug-likeness (QED) is 0.888. The average Bonchev–Trinajstić information content (AvgIpc) is 2.75. The van der Waals surface area contributed by atoms with Crippen molar-refractivity contribution < 1.29 is 0 Å². The number of rotatable bonds is 3. The maximum Gasteiger partial charge on any atom is 0.0328 e. The first-order chi connectivity index (χ1) is 8.54. The molecule has 0 amide bonds. The molecular weight excluding hydrogens is 220 g/mol. The second-order valence-electron chi connectivity index (χ2n) is 5.76. The van der Waals surface area contributed by atoms with Crippen LogP contribution in [-0.4, -0.2) is 24.0 Å². The van der Waals surface area contributed by atoms with Gasteiger partial charge in [-0.3, -0.25) is 4.90 Å². The molecule has 0 radical (unpaired) electrons. The van der Waals surface area contributed by atoms with Crippen LogP contribution in [0.3, 0.4) is 0 Å². The van der Waals surface area contributed by atoms with E-state index in [2.05, 4.69) is 44.7 Å². The summed E-state index contributed by atoms with van der Waals surface area (Å²) in [6.07, 6.45) is 2.54. The first-order valence-corrected chi connectivity index (χ1v) is 7.08. The summed E-state index contributed by atoms with van der Waals surface area (Å²) < 4.78 is 0. The number of hydrogen-bond acceptors (Lipinski definition) is 2. The van der Waals surface area contributed by atoms with Crippen molar-refractivity contribution in [2.45, 2.75) is 52.6 Å². The molecule has 0 saturated carbocycles. The van der Waals surface area contributed by atoms with E-state index in [4.69, 9.17) is 5.73 Å². The molecule has 2 unspecified atom stereocenters. The first-order valence-electron chi connectivity index (χ1n) is 7.08. The largest absolute Gasteiger partial charge is 0.329 e. The van der Waals surface area contributed by atoms with Crippen LogP contribution < -0.4 is 5.73 Å². The van der Waals surface area contributed by atoms with Crippen molar-refractivity contribution in [1.82, 2.24) is 4.90 Å². The minimum absolute atomic E-state index is 0.488. The summed E-state index contributed by atoms with van der Waals surface area (Å²) in [4.78, 5) is 2.59. The lowest BCUT2D eigenvalue weighted by Crippen LogP contribution is -2.37. The zero-order valence-corrected chi connectivity index (χ0v) is 12.2. The van der Waals surface area contributed by atoms with Crippen LogP contribution >= 0.6 is 0 Å². The van der Waals surface area contributed by atoms with E-state index in [1.54, 1.807) is 0 Å². The van der Waals surface area contributed by atoms with Crippen molar-refractivity contribution in [1.29, 1.82) is 0 Å². The highest BCUT2D eigenvalue weighted by molar-refractivity contribution is 5.39. The molecule has 100 valence electrons. The zero-order valence-electron chi connectivity index (χ0n) is 12.2. The van der Waals surface area contributed by atoms with Gasteiger partial charge < -0.3 is 5.73 Å². The lowest BCUT2D eigenvalue weighted by Gasteiger charge is -2.32. The number of likely N-dealkylation sites (tertiary alicyclic amines) is 1. The predicted octanol–water partition coefficient (Wildman–Crippen LogP) is 3.10. The average molecular weight is 246 g/mol. The summed E-state index contributed by atoms with van der Waals surface area (Å²) in [5.41, 5.74) is 11.6. The minimum atomic E-state index is 0.488. The molecule has 1 fully saturated rings. The Balaban J connectivity index is 2.31. The van der Waals surface area contributed by atoms with Crippen LogP contribution in [0.25, 0.3) is 0 Å². The maximum atomic E-state index is 5.90. The molecule has 2 rings (SSSR count). The molecule has 2 heteroatoms. The van der Waals surface area contributed by atoms with Crippen LogP contribution in [0, 0.1) is 20.8 Å². The van der Waals surface area contributed by atoms with E-state index in [1.807, 2.05) is 0 Å². The van der Waals surface area contributed by atoms with Crippen molar-refractivity contribution in [3.63, 3.8) is 0 Å². The lowest BCUT2D eigenvalue weighted by molar-refractivity contribution is 0.196. The fourth-order valence-electron chi connectivity index (χ4n) is 3.64. The number of nitrogens with two attached hydrogens (primary N) is 1. The monoisotopic (exact) mass is 246 g/mol. The summed E-state index contributed by atoms with van der Waals surface area (Å²) in [7, 11) is 0. The Hall–Kier alpha value is -0.860. The summed E-state index contributed by atoms with van der Waals surface area (Å²) in [5.74, 6) is 0. The summed E-state index contributed by atoms with van der Waals surface area (Å²) in [5, 5.41) is 0. The fourth-order valence-corrected chi connectivity index (χ4v) is 3.64. The molecule has 0 aromatic heterocycles. The molecule has 1 saturated heterocycles. The highest BCUT2D eigenvalue weighted by Gasteiger charge is 2.29. The third-order valence-corrected chi connectivity index (χ3v) is 4.35. The molecule has 1 aliphatic heterocycles. The van der Waals surface area contributed by atoms with Gasteiger partial charge in [0.25, 0.3) is 0 Å². The van der Waals surface area contributed by atoms with Gasteiger partial charge in [0, 0.05) is 18.6 Å². The number of hydrogen-bond donors (Lipinski definition) is 1. The van der Waals surface area contributed by atoms with Crippen molar-refractivity contribution in [3.8, 4) is 0 Å². The molecular formula is C16H26N2. The summed E-state index contributed by atoms with van der Waals surface area (Å²) in [6.45, 7) is 11.0. The molecule has 2 nitrogen and oxygen atoms in total. The minimum Gasteiger partial charge on any atom is -0.329 e. The van der Waals surface area contributed by atoms with E-state index in [0.717, 1.165) is 6.54 Å². The molecule has 0 bridgehead atoms. The SMILES string of the molecule is Cc1cc(C)c(C(C)N2CCCC2CN)c(C)c1. The normalized spacial score (nSPS) is 22.4. The molecule has 1 aromatic rings. The topological polar surface area (TPSA) is 29.3 Å². The molecule has 2 N–H and O–H groups in total. The summed E-state index contributed by atoms with van der Waals surface area (Å²) in [6, 6.07) is 5.65. The van der Waals surface area contributed by atoms with Crippen molar-refractivity contribution in [2.24, 2.45) is 5.73 Å². The van der Waals surface area contributed by atoms with E-state index in [0.29, 0.717) is 12.1 Å². The van der Waals surface area contributed by atoms with Gasteiger partial charge >= 0.3 is 0 Å². The van der Waals surface area contributed by atoms with E-state index in [-0.39, 0.29) is 0 Å². The smallest absolute Gasteiger partial charge is 0.0328 e. The Labute approximate surface area is 111 Å². The number of benzene rings is 1. The highest BCUT2D eigenvalue weighted by Crippen LogP contribution is 2.32. The molecule has 1 heterocycles. The number of aryl methyl sites for hydroxylation is 3. The standard InChI is InChI=1S/C16H26N2/c1-11-8-12(2)16(13(3)9-11)14(4)18-7-5-6-15(18)10-17/h8-9,14-15H,5-7,10,17H2,1-4H3. The Morgan fingerprint density at radius 1 is 1.28 bits per heavy atom. The van der Waals surface area contributed by atoms with E-state index < -0.39 is 0 Å². The lowest BCUT2D eigenvalue weighted by atomic mass is 9.93. The number of nitrogens with zero attached hydrogens (tertiary/aromatic N) is 1. The summed E-state index contributed by atoms with van der Waals surface area (Å²) >= 11 is 0. The molecule has 18 heavy (non-hydrogen) atoms. The van der Waals surface area contributed by atoms with Crippen molar-refractivity contribution >= 4 is 0 Å². The second kappa shape index (κ2) is 5.41. The van der Waals surface area contributed by atoms with Gasteiger partial charge in [0.15, 0.2) is 0 Å². The van der Waals surface area contributed by atoms with Gasteiger partial charge in [-0.15, -0.1) is 0 Å². The van der Waals surface area contributed by atoms with Crippen LogP contribution in [0.15, 0.2) is 12.1 Å². The van der Waals surface area contributed by atoms with Crippen molar-refractivity contribution in [3.05, 3.63) is 34.4 Å². The van der Waals surface area contributed by atoms with Gasteiger partial charge in [-0.05, 0) is 63.8 Å². The van der Waals surface area contributed by atoms with Crippen LogP contribution in [-0.2, 0) is 0 Å². The van der Waals surface area contributed by atoms with E-state index in [1.165, 1.54) is 41.6 Å². The Bertz CT molecular complexity index is 402. The molecule has 0 aliphatic carbocycles. The molecule has 0 spiro atoms. The highest BCUT2D eigenvalue weighted by atomic mass is 15.2. The van der Waals surface area contributed by atoms with Crippen molar-refractivity contribution in [2.75, 3.05) is 13.1 Å². The molecule has 1 aromatic carbocycles. The van der Waals surface area contributed by atoms with E-state index >= 15 is 0 Å². The Morgan fingerprint density at radius 2 is 1.89 bits per heavy atom. The van der Waals surface area contributed by atoms with Crippen LogP contribution in [0.1, 0.15) is 48.1 Å². The third-order valence-electron chi connectivity index (χ3n) is 4.35. The van der Waals surface area contributed by atoms with Crippen LogP contribution in [0.5, 0.6) is 0 Å². The van der Waals surface area contributed by atoms with Gasteiger partial charge in [0.2, 0.25) is 0 Å². The maximum absolute atomic E-state index is 5.90. The van der Waals surface area contributed by atoms with Gasteiger partial charge in [-0.1, -0.05) is 17.7 Å². The van der Waals surface area contributed by atoms with E-state index in [9.17, 15) is 0 Å². The van der Waals surface area contributed by atoms with Crippen LogP contribution in [0.4, 0.5) is 0 Å². The van der Waals surface area contributed by atoms with Crippen LogP contribution in [0.2, 0.25) is 0 Å². The zero-order chi connectivity index (χ0) is 13.3. The second-order valence-corrected chi connectivity index (χ2v) is 5.76. The predicted molar refractivity (Wildman–Crippen MR) is 77.9 cm³/mol. The first kappa shape index (κ1) is 13.6. The van der Waals surface area contributed by atoms with Gasteiger partial charge in [-0.25, -0.2) is 0 Å². The molecule has 2 atom stereocenters. The molecule has 1 aliphatic rings. The van der Waals surface area contributed by atoms with Gasteiger partial charge in [0.05, 0.1) is 0 Å². The fraction of sp³-hybridized carbons (Fsp3) is 0.625. The Kier molecular flexibility index (Phi) is 4.08. The Morgan fingerprint density at radius 3 is 2.44 bits per heavy atom. The van der Waals surface area contributed by atoms with Gasteiger partial charge in [0.1, 0.15) is 0 Å². The van der Waals surface area contributed by atoms with Gasteiger partial charge in [-0.2, -0.15) is 0 Å². The third kappa shape index (κ3) is 2.45.